The van der Waals surface area contributed by atoms with Gasteiger partial charge in [0.15, 0.2) is 5.76 Å². The van der Waals surface area contributed by atoms with Crippen LogP contribution in [0.1, 0.15) is 5.56 Å². The van der Waals surface area contributed by atoms with Gasteiger partial charge in [0, 0.05) is 18.2 Å². The molecule has 0 saturated heterocycles. The predicted octanol–water partition coefficient (Wildman–Crippen LogP) is 2.97. The molecule has 0 aliphatic heterocycles. The van der Waals surface area contributed by atoms with Gasteiger partial charge in [0.05, 0.1) is 13.3 Å². The van der Waals surface area contributed by atoms with E-state index in [-0.39, 0.29) is 23.0 Å². The Labute approximate surface area is 144 Å². The fourth-order valence-electron chi connectivity index (χ4n) is 2.27. The van der Waals surface area contributed by atoms with Crippen LogP contribution in [0, 0.1) is 5.82 Å². The van der Waals surface area contributed by atoms with E-state index in [0.717, 1.165) is 0 Å². The lowest BCUT2D eigenvalue weighted by atomic mass is 10.1. The normalized spacial score (nSPS) is 11.4. The molecule has 0 radical (unpaired) electrons. The Balaban J connectivity index is 1.84. The molecule has 1 aromatic heterocycles. The number of halogens is 1. The van der Waals surface area contributed by atoms with Crippen LogP contribution in [-0.4, -0.2) is 20.7 Å². The molecule has 6 nitrogen and oxygen atoms in total. The number of hydrogen-bond donors (Lipinski definition) is 1. The van der Waals surface area contributed by atoms with Crippen LogP contribution in [0.3, 0.4) is 0 Å². The second-order valence-electron chi connectivity index (χ2n) is 5.19. The molecule has 1 N–H and O–H groups in total. The van der Waals surface area contributed by atoms with Gasteiger partial charge in [0.25, 0.3) is 0 Å². The summed E-state index contributed by atoms with van der Waals surface area (Å²) >= 11 is 0. The Morgan fingerprint density at radius 3 is 2.56 bits per heavy atom. The zero-order valence-corrected chi connectivity index (χ0v) is 14.1. The molecule has 0 atom stereocenters. The summed E-state index contributed by atoms with van der Waals surface area (Å²) < 4.78 is 50.7. The van der Waals surface area contributed by atoms with Gasteiger partial charge in [-0.3, -0.25) is 0 Å². The molecule has 0 unspecified atom stereocenters. The lowest BCUT2D eigenvalue weighted by molar-refractivity contribution is 0.401. The average molecular weight is 362 g/mol. The number of benzene rings is 2. The Morgan fingerprint density at radius 1 is 1.16 bits per heavy atom. The van der Waals surface area contributed by atoms with Crippen molar-refractivity contribution in [2.45, 2.75) is 11.4 Å². The quantitative estimate of drug-likeness (QED) is 0.729. The monoisotopic (exact) mass is 362 g/mol. The van der Waals surface area contributed by atoms with Crippen LogP contribution < -0.4 is 9.46 Å². The first-order valence-corrected chi connectivity index (χ1v) is 8.81. The van der Waals surface area contributed by atoms with Crippen molar-refractivity contribution < 1.29 is 22.1 Å². The minimum absolute atomic E-state index is 0.000349. The van der Waals surface area contributed by atoms with Gasteiger partial charge >= 0.3 is 0 Å². The van der Waals surface area contributed by atoms with E-state index in [1.165, 1.54) is 43.6 Å². The first-order chi connectivity index (χ1) is 12.0. The number of methoxy groups -OCH3 is 1. The largest absolute Gasteiger partial charge is 0.495 e. The SMILES string of the molecule is COc1cc(-c2ccno2)ccc1S(=O)(=O)NCc1ccc(F)cc1. The van der Waals surface area contributed by atoms with E-state index < -0.39 is 10.0 Å². The molecule has 3 rings (SSSR count). The van der Waals surface area contributed by atoms with Gasteiger partial charge < -0.3 is 9.26 Å². The van der Waals surface area contributed by atoms with Crippen molar-refractivity contribution in [1.82, 2.24) is 9.88 Å². The minimum atomic E-state index is -3.81. The van der Waals surface area contributed by atoms with Gasteiger partial charge in [0.2, 0.25) is 10.0 Å². The van der Waals surface area contributed by atoms with Crippen molar-refractivity contribution in [3.8, 4) is 17.1 Å². The van der Waals surface area contributed by atoms with Crippen LogP contribution in [0.15, 0.2) is 64.1 Å². The molecule has 0 spiro atoms. The molecule has 0 fully saturated rings. The third-order valence-corrected chi connectivity index (χ3v) is 5.00. The molecule has 0 saturated carbocycles. The molecular weight excluding hydrogens is 347 g/mol. The van der Waals surface area contributed by atoms with Gasteiger partial charge in [-0.15, -0.1) is 0 Å². The topological polar surface area (TPSA) is 81.4 Å². The summed E-state index contributed by atoms with van der Waals surface area (Å²) in [6.45, 7) is 0.0373. The maximum absolute atomic E-state index is 12.9. The molecule has 0 aliphatic carbocycles. The summed E-state index contributed by atoms with van der Waals surface area (Å²) in [4.78, 5) is 0.000349. The van der Waals surface area contributed by atoms with E-state index in [4.69, 9.17) is 9.26 Å². The maximum Gasteiger partial charge on any atom is 0.244 e. The smallest absolute Gasteiger partial charge is 0.244 e. The summed E-state index contributed by atoms with van der Waals surface area (Å²) in [5.74, 6) is 0.304. The van der Waals surface area contributed by atoms with E-state index in [1.54, 1.807) is 18.2 Å². The first kappa shape index (κ1) is 17.1. The van der Waals surface area contributed by atoms with Crippen LogP contribution in [-0.2, 0) is 16.6 Å². The van der Waals surface area contributed by atoms with Crippen LogP contribution in [0.2, 0.25) is 0 Å². The van der Waals surface area contributed by atoms with Gasteiger partial charge in [-0.1, -0.05) is 17.3 Å². The lowest BCUT2D eigenvalue weighted by Crippen LogP contribution is -2.23. The van der Waals surface area contributed by atoms with Crippen LogP contribution in [0.25, 0.3) is 11.3 Å². The van der Waals surface area contributed by atoms with E-state index in [9.17, 15) is 12.8 Å². The summed E-state index contributed by atoms with van der Waals surface area (Å²) in [5, 5.41) is 3.62. The number of aromatic nitrogens is 1. The van der Waals surface area contributed by atoms with Crippen molar-refractivity contribution >= 4 is 10.0 Å². The third kappa shape index (κ3) is 3.86. The van der Waals surface area contributed by atoms with Crippen molar-refractivity contribution in [3.63, 3.8) is 0 Å². The molecule has 3 aromatic rings. The third-order valence-electron chi connectivity index (χ3n) is 3.56. The number of ether oxygens (including phenoxy) is 1. The summed E-state index contributed by atoms with van der Waals surface area (Å²) in [5.41, 5.74) is 1.29. The van der Waals surface area contributed by atoms with Gasteiger partial charge in [-0.05, 0) is 35.9 Å². The standard InChI is InChI=1S/C17H15FN2O4S/c1-23-16-10-13(15-8-9-19-24-15)4-7-17(16)25(21,22)20-11-12-2-5-14(18)6-3-12/h2-10,20H,11H2,1H3. The van der Waals surface area contributed by atoms with E-state index in [0.29, 0.717) is 16.9 Å². The zero-order chi connectivity index (χ0) is 17.9. The van der Waals surface area contributed by atoms with Crippen molar-refractivity contribution in [1.29, 1.82) is 0 Å². The number of sulfonamides is 1. The highest BCUT2D eigenvalue weighted by Gasteiger charge is 2.20. The fourth-order valence-corrected chi connectivity index (χ4v) is 3.43. The maximum atomic E-state index is 12.9. The molecular formula is C17H15FN2O4S. The van der Waals surface area contributed by atoms with Crippen molar-refractivity contribution in [2.75, 3.05) is 7.11 Å². The molecule has 1 heterocycles. The molecule has 0 amide bonds. The van der Waals surface area contributed by atoms with E-state index in [2.05, 4.69) is 9.88 Å². The summed E-state index contributed by atoms with van der Waals surface area (Å²) in [7, 11) is -2.42. The summed E-state index contributed by atoms with van der Waals surface area (Å²) in [6.07, 6.45) is 1.50. The fraction of sp³-hybridized carbons (Fsp3) is 0.118. The van der Waals surface area contributed by atoms with E-state index in [1.807, 2.05) is 0 Å². The highest BCUT2D eigenvalue weighted by atomic mass is 32.2. The number of nitrogens with zero attached hydrogens (tertiary/aromatic N) is 1. The van der Waals surface area contributed by atoms with Crippen molar-refractivity contribution in [3.05, 3.63) is 66.1 Å². The Kier molecular flexibility index (Phi) is 4.82. The Bertz CT molecular complexity index is 955. The Morgan fingerprint density at radius 2 is 1.92 bits per heavy atom. The van der Waals surface area contributed by atoms with Gasteiger partial charge in [-0.2, -0.15) is 0 Å². The number of rotatable bonds is 6. The molecule has 0 bridgehead atoms. The Hall–Kier alpha value is -2.71. The van der Waals surface area contributed by atoms with Crippen molar-refractivity contribution in [2.24, 2.45) is 0 Å². The second kappa shape index (κ2) is 7.04. The molecule has 0 aliphatic rings. The van der Waals surface area contributed by atoms with Gasteiger partial charge in [0.1, 0.15) is 16.5 Å². The summed E-state index contributed by atoms with van der Waals surface area (Å²) in [6, 6.07) is 11.8. The van der Waals surface area contributed by atoms with Gasteiger partial charge in [-0.25, -0.2) is 17.5 Å². The first-order valence-electron chi connectivity index (χ1n) is 7.33. The van der Waals surface area contributed by atoms with Crippen LogP contribution in [0.5, 0.6) is 5.75 Å². The molecule has 8 heteroatoms. The average Bonchev–Trinajstić information content (AvgIpc) is 3.15. The molecule has 25 heavy (non-hydrogen) atoms. The lowest BCUT2D eigenvalue weighted by Gasteiger charge is -2.12. The van der Waals surface area contributed by atoms with Crippen LogP contribution >= 0.6 is 0 Å². The molecule has 2 aromatic carbocycles. The second-order valence-corrected chi connectivity index (χ2v) is 6.93. The van der Waals surface area contributed by atoms with Crippen LogP contribution in [0.4, 0.5) is 4.39 Å². The van der Waals surface area contributed by atoms with E-state index >= 15 is 0 Å². The predicted molar refractivity (Wildman–Crippen MR) is 88.9 cm³/mol. The molecule has 130 valence electrons. The minimum Gasteiger partial charge on any atom is -0.495 e. The highest BCUT2D eigenvalue weighted by Crippen LogP contribution is 2.30. The zero-order valence-electron chi connectivity index (χ0n) is 13.3. The highest BCUT2D eigenvalue weighted by molar-refractivity contribution is 7.89. The number of hydrogen-bond acceptors (Lipinski definition) is 5. The number of nitrogens with one attached hydrogen (secondary N) is 1.